The molecule has 0 atom stereocenters. The molecule has 21 heavy (non-hydrogen) atoms. The molecule has 0 saturated carbocycles. The number of carbonyl (C=O) groups excluding carboxylic acids is 2. The zero-order chi connectivity index (χ0) is 16.2. The van der Waals surface area contributed by atoms with E-state index in [1.165, 1.54) is 6.92 Å². The third-order valence-electron chi connectivity index (χ3n) is 2.49. The highest BCUT2D eigenvalue weighted by Crippen LogP contribution is 2.34. The van der Waals surface area contributed by atoms with Gasteiger partial charge in [-0.1, -0.05) is 0 Å². The minimum Gasteiger partial charge on any atom is -0.461 e. The molecule has 1 aromatic carbocycles. The van der Waals surface area contributed by atoms with Crippen LogP contribution in [0.1, 0.15) is 22.8 Å². The molecule has 6 nitrogen and oxygen atoms in total. The van der Waals surface area contributed by atoms with Crippen molar-refractivity contribution in [3.8, 4) is 0 Å². The lowest BCUT2D eigenvalue weighted by Gasteiger charge is -2.17. The molecule has 9 heteroatoms. The molecule has 1 aromatic rings. The average molecular weight is 630 g/mol. The standard InChI is InChI=1S/C12H13I3N2O4/c1-5(19)21-4-6-8(13)7(12(20)17-2-3-18)10(15)11(16)9(6)14/h18H,2-4,16H2,1H3,(H,17,20). The van der Waals surface area contributed by atoms with Gasteiger partial charge in [0.25, 0.3) is 5.91 Å². The van der Waals surface area contributed by atoms with Crippen LogP contribution in [0.2, 0.25) is 0 Å². The first kappa shape index (κ1) is 19.2. The van der Waals surface area contributed by atoms with Crippen LogP contribution in [0.25, 0.3) is 0 Å². The van der Waals surface area contributed by atoms with Crippen molar-refractivity contribution in [1.29, 1.82) is 0 Å². The number of nitrogens with two attached hydrogens (primary N) is 1. The molecule has 1 rings (SSSR count). The van der Waals surface area contributed by atoms with Crippen molar-refractivity contribution in [3.63, 3.8) is 0 Å². The van der Waals surface area contributed by atoms with Gasteiger partial charge in [-0.25, -0.2) is 0 Å². The van der Waals surface area contributed by atoms with E-state index >= 15 is 0 Å². The number of nitrogens with one attached hydrogen (secondary N) is 1. The second-order valence-electron chi connectivity index (χ2n) is 3.97. The van der Waals surface area contributed by atoms with Crippen molar-refractivity contribution in [2.45, 2.75) is 13.5 Å². The molecule has 0 heterocycles. The normalized spacial score (nSPS) is 10.3. The number of rotatable bonds is 5. The first-order valence-corrected chi connectivity index (χ1v) is 9.02. The number of ether oxygens (including phenoxy) is 1. The van der Waals surface area contributed by atoms with Crippen molar-refractivity contribution in [2.24, 2.45) is 0 Å². The van der Waals surface area contributed by atoms with Crippen LogP contribution in [-0.2, 0) is 16.1 Å². The number of hydrogen-bond donors (Lipinski definition) is 3. The summed E-state index contributed by atoms with van der Waals surface area (Å²) in [6.45, 7) is 1.41. The fourth-order valence-corrected chi connectivity index (χ4v) is 5.46. The lowest BCUT2D eigenvalue weighted by molar-refractivity contribution is -0.142. The van der Waals surface area contributed by atoms with Crippen molar-refractivity contribution in [2.75, 3.05) is 18.9 Å². The predicted molar refractivity (Wildman–Crippen MR) is 104 cm³/mol. The Bertz CT molecular complexity index is 578. The van der Waals surface area contributed by atoms with Crippen LogP contribution in [0, 0.1) is 10.7 Å². The molecule has 0 saturated heterocycles. The molecular formula is C12H13I3N2O4. The average Bonchev–Trinajstić information content (AvgIpc) is 2.42. The fourth-order valence-electron chi connectivity index (χ4n) is 1.49. The van der Waals surface area contributed by atoms with Gasteiger partial charge >= 0.3 is 5.97 Å². The van der Waals surface area contributed by atoms with E-state index in [1.54, 1.807) is 0 Å². The molecule has 0 bridgehead atoms. The van der Waals surface area contributed by atoms with Crippen LogP contribution in [0.4, 0.5) is 5.69 Å². The summed E-state index contributed by atoms with van der Waals surface area (Å²) >= 11 is 6.13. The molecule has 1 amide bonds. The topological polar surface area (TPSA) is 102 Å². The first-order valence-electron chi connectivity index (χ1n) is 5.78. The molecule has 0 aliphatic carbocycles. The zero-order valence-electron chi connectivity index (χ0n) is 11.0. The van der Waals surface area contributed by atoms with Crippen LogP contribution in [0.15, 0.2) is 0 Å². The van der Waals surface area contributed by atoms with Crippen LogP contribution >= 0.6 is 67.8 Å². The smallest absolute Gasteiger partial charge is 0.302 e. The Balaban J connectivity index is 3.30. The van der Waals surface area contributed by atoms with Gasteiger partial charge in [0, 0.05) is 26.2 Å². The van der Waals surface area contributed by atoms with E-state index in [-0.39, 0.29) is 25.7 Å². The molecule has 0 radical (unpaired) electrons. The summed E-state index contributed by atoms with van der Waals surface area (Å²) in [5.41, 5.74) is 7.66. The number of benzene rings is 1. The summed E-state index contributed by atoms with van der Waals surface area (Å²) in [5.74, 6) is -0.713. The number of esters is 1. The molecule has 116 valence electrons. The highest BCUT2D eigenvalue weighted by atomic mass is 127. The highest BCUT2D eigenvalue weighted by molar-refractivity contribution is 14.1. The van der Waals surface area contributed by atoms with Gasteiger partial charge in [0.05, 0.1) is 21.4 Å². The third-order valence-corrected chi connectivity index (χ3v) is 6.03. The monoisotopic (exact) mass is 630 g/mol. The van der Waals surface area contributed by atoms with E-state index < -0.39 is 5.97 Å². The summed E-state index contributed by atoms with van der Waals surface area (Å²) in [4.78, 5) is 23.2. The summed E-state index contributed by atoms with van der Waals surface area (Å²) in [5, 5.41) is 11.4. The fraction of sp³-hybridized carbons (Fsp3) is 0.333. The number of anilines is 1. The van der Waals surface area contributed by atoms with Crippen LogP contribution in [0.5, 0.6) is 0 Å². The Morgan fingerprint density at radius 1 is 1.24 bits per heavy atom. The summed E-state index contributed by atoms with van der Waals surface area (Å²) in [6, 6.07) is 0. The minimum atomic E-state index is -0.398. The second-order valence-corrected chi connectivity index (χ2v) is 7.21. The van der Waals surface area contributed by atoms with Crippen molar-refractivity contribution in [3.05, 3.63) is 21.8 Å². The minimum absolute atomic E-state index is 0.0628. The molecule has 0 aliphatic rings. The van der Waals surface area contributed by atoms with Crippen LogP contribution in [0.3, 0.4) is 0 Å². The Morgan fingerprint density at radius 2 is 1.86 bits per heavy atom. The number of amides is 1. The Kier molecular flexibility index (Phi) is 7.91. The zero-order valence-corrected chi connectivity index (χ0v) is 17.5. The maximum absolute atomic E-state index is 12.2. The Labute approximate surface area is 163 Å². The predicted octanol–water partition coefficient (Wildman–Crippen LogP) is 1.87. The largest absolute Gasteiger partial charge is 0.461 e. The summed E-state index contributed by atoms with van der Waals surface area (Å²) in [7, 11) is 0. The Morgan fingerprint density at radius 3 is 2.38 bits per heavy atom. The SMILES string of the molecule is CC(=O)OCc1c(I)c(N)c(I)c(C(=O)NCCO)c1I. The van der Waals surface area contributed by atoms with Crippen LogP contribution < -0.4 is 11.1 Å². The lowest BCUT2D eigenvalue weighted by Crippen LogP contribution is -2.29. The van der Waals surface area contributed by atoms with Gasteiger partial charge in [0.15, 0.2) is 0 Å². The van der Waals surface area contributed by atoms with E-state index in [4.69, 9.17) is 15.6 Å². The van der Waals surface area contributed by atoms with E-state index in [9.17, 15) is 9.59 Å². The first-order chi connectivity index (χ1) is 9.81. The molecule has 0 unspecified atom stereocenters. The van der Waals surface area contributed by atoms with Gasteiger partial charge in [-0.15, -0.1) is 0 Å². The van der Waals surface area contributed by atoms with Gasteiger partial charge in [-0.3, -0.25) is 9.59 Å². The molecule has 0 spiro atoms. The van der Waals surface area contributed by atoms with Gasteiger partial charge in [-0.2, -0.15) is 0 Å². The number of carbonyl (C=O) groups is 2. The third kappa shape index (κ3) is 4.79. The molecular weight excluding hydrogens is 617 g/mol. The number of aliphatic hydroxyl groups is 1. The summed E-state index contributed by atoms with van der Waals surface area (Å²) < 4.78 is 7.12. The number of nitrogen functional groups attached to an aromatic ring is 1. The molecule has 0 fully saturated rings. The number of halogens is 3. The lowest BCUT2D eigenvalue weighted by atomic mass is 10.1. The quantitative estimate of drug-likeness (QED) is 0.262. The van der Waals surface area contributed by atoms with E-state index in [0.717, 1.165) is 3.57 Å². The maximum atomic E-state index is 12.2. The molecule has 4 N–H and O–H groups in total. The van der Waals surface area contributed by atoms with Crippen molar-refractivity contribution < 1.29 is 19.4 Å². The van der Waals surface area contributed by atoms with Crippen molar-refractivity contribution >= 4 is 85.3 Å². The van der Waals surface area contributed by atoms with Gasteiger partial charge in [-0.05, 0) is 67.8 Å². The highest BCUT2D eigenvalue weighted by Gasteiger charge is 2.23. The van der Waals surface area contributed by atoms with Gasteiger partial charge in [0.1, 0.15) is 6.61 Å². The molecule has 0 aromatic heterocycles. The van der Waals surface area contributed by atoms with E-state index in [0.29, 0.717) is 24.0 Å². The van der Waals surface area contributed by atoms with E-state index in [2.05, 4.69) is 27.9 Å². The second kappa shape index (κ2) is 8.67. The number of hydrogen-bond acceptors (Lipinski definition) is 5. The Hall–Kier alpha value is 0.110. The maximum Gasteiger partial charge on any atom is 0.302 e. The van der Waals surface area contributed by atoms with Gasteiger partial charge < -0.3 is 20.9 Å². The summed E-state index contributed by atoms with van der Waals surface area (Å²) in [6.07, 6.45) is 0. The van der Waals surface area contributed by atoms with Gasteiger partial charge in [0.2, 0.25) is 0 Å². The van der Waals surface area contributed by atoms with E-state index in [1.807, 2.05) is 45.2 Å². The molecule has 0 aliphatic heterocycles. The van der Waals surface area contributed by atoms with Crippen LogP contribution in [-0.4, -0.2) is 30.1 Å². The number of aliphatic hydroxyl groups excluding tert-OH is 1. The van der Waals surface area contributed by atoms with Crippen molar-refractivity contribution in [1.82, 2.24) is 5.32 Å².